The van der Waals surface area contributed by atoms with Gasteiger partial charge in [-0.1, -0.05) is 0 Å². The third-order valence-corrected chi connectivity index (χ3v) is 3.58. The monoisotopic (exact) mass is 301 g/mol. The van der Waals surface area contributed by atoms with E-state index < -0.39 is 0 Å². The number of carbonyl (C=O) groups excluding carboxylic acids is 1. The molecule has 1 heterocycles. The Morgan fingerprint density at radius 3 is 2.64 bits per heavy atom. The average molecular weight is 301 g/mol. The zero-order valence-corrected chi connectivity index (χ0v) is 12.0. The summed E-state index contributed by atoms with van der Waals surface area (Å²) in [4.78, 5) is 23.4. The van der Waals surface area contributed by atoms with Gasteiger partial charge < -0.3 is 5.32 Å². The summed E-state index contributed by atoms with van der Waals surface area (Å²) in [6, 6.07) is 8.95. The van der Waals surface area contributed by atoms with Crippen molar-refractivity contribution in [1.82, 2.24) is 15.1 Å². The first-order valence-electron chi connectivity index (χ1n) is 7.25. The Bertz CT molecular complexity index is 736. The summed E-state index contributed by atoms with van der Waals surface area (Å²) in [5.74, 6) is -0.127. The Kier molecular flexibility index (Phi) is 4.00. The van der Waals surface area contributed by atoms with Gasteiger partial charge in [-0.2, -0.15) is 5.10 Å². The fourth-order valence-corrected chi connectivity index (χ4v) is 2.16. The van der Waals surface area contributed by atoms with Gasteiger partial charge >= 0.3 is 0 Å². The molecule has 0 atom stereocenters. The van der Waals surface area contributed by atoms with Crippen LogP contribution in [0.25, 0.3) is 11.3 Å². The second-order valence-electron chi connectivity index (χ2n) is 5.35. The first-order chi connectivity index (χ1) is 10.6. The molecule has 0 unspecified atom stereocenters. The van der Waals surface area contributed by atoms with Crippen LogP contribution in [0.15, 0.2) is 41.2 Å². The van der Waals surface area contributed by atoms with Crippen LogP contribution < -0.4 is 10.9 Å². The van der Waals surface area contributed by atoms with Crippen molar-refractivity contribution in [3.63, 3.8) is 0 Å². The zero-order valence-electron chi connectivity index (χ0n) is 12.0. The van der Waals surface area contributed by atoms with Crippen molar-refractivity contribution in [2.45, 2.75) is 19.4 Å². The largest absolute Gasteiger partial charge is 0.354 e. The molecular formula is C16H16FN3O2. The number of halogens is 1. The molecule has 1 aromatic carbocycles. The van der Waals surface area contributed by atoms with Crippen LogP contribution in [-0.2, 0) is 11.3 Å². The van der Waals surface area contributed by atoms with Crippen LogP contribution in [0.3, 0.4) is 0 Å². The van der Waals surface area contributed by atoms with Crippen molar-refractivity contribution in [3.8, 4) is 11.3 Å². The summed E-state index contributed by atoms with van der Waals surface area (Å²) < 4.78 is 14.3. The van der Waals surface area contributed by atoms with Gasteiger partial charge in [0.05, 0.1) is 12.2 Å². The fraction of sp³-hybridized carbons (Fsp3) is 0.312. The highest BCUT2D eigenvalue weighted by atomic mass is 19.1. The number of nitrogens with zero attached hydrogens (tertiary/aromatic N) is 2. The highest BCUT2D eigenvalue weighted by Gasteiger charge is 2.29. The van der Waals surface area contributed by atoms with Crippen molar-refractivity contribution in [3.05, 3.63) is 52.6 Å². The summed E-state index contributed by atoms with van der Waals surface area (Å²) >= 11 is 0. The lowest BCUT2D eigenvalue weighted by molar-refractivity contribution is -0.122. The van der Waals surface area contributed by atoms with Gasteiger partial charge in [0.25, 0.3) is 5.56 Å². The molecule has 1 saturated carbocycles. The van der Waals surface area contributed by atoms with Gasteiger partial charge in [0.1, 0.15) is 5.82 Å². The van der Waals surface area contributed by atoms with Crippen molar-refractivity contribution in [2.75, 3.05) is 6.54 Å². The highest BCUT2D eigenvalue weighted by Crippen LogP contribution is 2.28. The Morgan fingerprint density at radius 1 is 1.23 bits per heavy atom. The van der Waals surface area contributed by atoms with Crippen LogP contribution in [0.2, 0.25) is 0 Å². The van der Waals surface area contributed by atoms with E-state index in [0.717, 1.165) is 18.4 Å². The van der Waals surface area contributed by atoms with Gasteiger partial charge in [-0.05, 0) is 43.2 Å². The van der Waals surface area contributed by atoms with Gasteiger partial charge in [0, 0.05) is 24.1 Å². The van der Waals surface area contributed by atoms with E-state index in [4.69, 9.17) is 0 Å². The smallest absolute Gasteiger partial charge is 0.266 e. The molecule has 1 aliphatic carbocycles. The van der Waals surface area contributed by atoms with Crippen LogP contribution in [0, 0.1) is 11.7 Å². The van der Waals surface area contributed by atoms with Crippen LogP contribution in [-0.4, -0.2) is 22.2 Å². The predicted octanol–water partition coefficient (Wildman–Crippen LogP) is 1.58. The standard InChI is InChI=1S/C16H16FN3O2/c17-13-5-3-11(4-6-13)14-7-8-15(21)20(19-14)10-9-18-16(22)12-1-2-12/h3-8,12H,1-2,9-10H2,(H,18,22). The molecule has 2 aromatic rings. The molecule has 22 heavy (non-hydrogen) atoms. The first kappa shape index (κ1) is 14.4. The van der Waals surface area contributed by atoms with Crippen LogP contribution in [0.4, 0.5) is 4.39 Å². The molecule has 3 rings (SSSR count). The number of aromatic nitrogens is 2. The first-order valence-corrected chi connectivity index (χ1v) is 7.25. The molecule has 1 amide bonds. The average Bonchev–Trinajstić information content (AvgIpc) is 3.35. The van der Waals surface area contributed by atoms with Crippen molar-refractivity contribution >= 4 is 5.91 Å². The van der Waals surface area contributed by atoms with Crippen molar-refractivity contribution in [2.24, 2.45) is 5.92 Å². The van der Waals surface area contributed by atoms with Crippen LogP contribution in [0.5, 0.6) is 0 Å². The van der Waals surface area contributed by atoms with Crippen LogP contribution in [0.1, 0.15) is 12.8 Å². The lowest BCUT2D eigenvalue weighted by atomic mass is 10.1. The lowest BCUT2D eigenvalue weighted by Crippen LogP contribution is -2.32. The molecule has 0 aliphatic heterocycles. The number of amides is 1. The van der Waals surface area contributed by atoms with E-state index in [1.165, 1.54) is 22.9 Å². The minimum atomic E-state index is -0.320. The molecule has 1 N–H and O–H groups in total. The van der Waals surface area contributed by atoms with Gasteiger partial charge in [0.2, 0.25) is 5.91 Å². The predicted molar refractivity (Wildman–Crippen MR) is 79.6 cm³/mol. The number of rotatable bonds is 5. The van der Waals surface area contributed by atoms with E-state index in [9.17, 15) is 14.0 Å². The van der Waals surface area contributed by atoms with Gasteiger partial charge in [0.15, 0.2) is 0 Å². The molecule has 5 nitrogen and oxygen atoms in total. The van der Waals surface area contributed by atoms with E-state index >= 15 is 0 Å². The summed E-state index contributed by atoms with van der Waals surface area (Å²) in [7, 11) is 0. The normalized spacial score (nSPS) is 13.9. The number of benzene rings is 1. The molecule has 1 aromatic heterocycles. The maximum absolute atomic E-state index is 12.9. The Morgan fingerprint density at radius 2 is 1.95 bits per heavy atom. The molecular weight excluding hydrogens is 285 g/mol. The second-order valence-corrected chi connectivity index (χ2v) is 5.35. The SMILES string of the molecule is O=C(NCCn1nc(-c2ccc(F)cc2)ccc1=O)C1CC1. The third-order valence-electron chi connectivity index (χ3n) is 3.58. The summed E-state index contributed by atoms with van der Waals surface area (Å²) in [6.45, 7) is 0.682. The topological polar surface area (TPSA) is 64.0 Å². The van der Waals surface area contributed by atoms with Crippen molar-refractivity contribution < 1.29 is 9.18 Å². The molecule has 0 bridgehead atoms. The van der Waals surface area contributed by atoms with Crippen LogP contribution >= 0.6 is 0 Å². The molecule has 0 spiro atoms. The van der Waals surface area contributed by atoms with E-state index in [2.05, 4.69) is 10.4 Å². The number of hydrogen-bond donors (Lipinski definition) is 1. The minimum absolute atomic E-state index is 0.0442. The maximum atomic E-state index is 12.9. The van der Waals surface area contributed by atoms with E-state index in [1.54, 1.807) is 18.2 Å². The summed E-state index contributed by atoms with van der Waals surface area (Å²) in [5, 5.41) is 7.06. The van der Waals surface area contributed by atoms with E-state index in [-0.39, 0.29) is 23.2 Å². The van der Waals surface area contributed by atoms with Crippen molar-refractivity contribution in [1.29, 1.82) is 0 Å². The summed E-state index contributed by atoms with van der Waals surface area (Å²) in [6.07, 6.45) is 1.90. The number of carbonyl (C=O) groups is 1. The molecule has 0 saturated heterocycles. The fourth-order valence-electron chi connectivity index (χ4n) is 2.16. The number of hydrogen-bond acceptors (Lipinski definition) is 3. The Labute approximate surface area is 126 Å². The molecule has 1 aliphatic rings. The third kappa shape index (κ3) is 3.39. The molecule has 6 heteroatoms. The van der Waals surface area contributed by atoms with Gasteiger partial charge in [-0.3, -0.25) is 9.59 Å². The zero-order chi connectivity index (χ0) is 15.5. The molecule has 114 valence electrons. The maximum Gasteiger partial charge on any atom is 0.266 e. The minimum Gasteiger partial charge on any atom is -0.354 e. The second kappa shape index (κ2) is 6.09. The Balaban J connectivity index is 1.70. The molecule has 1 fully saturated rings. The van der Waals surface area contributed by atoms with E-state index in [1.807, 2.05) is 0 Å². The highest BCUT2D eigenvalue weighted by molar-refractivity contribution is 5.80. The summed E-state index contributed by atoms with van der Waals surface area (Å²) in [5.41, 5.74) is 1.09. The van der Waals surface area contributed by atoms with Gasteiger partial charge in [-0.15, -0.1) is 0 Å². The quantitative estimate of drug-likeness (QED) is 0.912. The lowest BCUT2D eigenvalue weighted by Gasteiger charge is -2.08. The van der Waals surface area contributed by atoms with E-state index in [0.29, 0.717) is 18.8 Å². The van der Waals surface area contributed by atoms with Gasteiger partial charge in [-0.25, -0.2) is 9.07 Å². The Hall–Kier alpha value is -2.50. The number of nitrogens with one attached hydrogen (secondary N) is 1. The molecule has 0 radical (unpaired) electrons.